The Morgan fingerprint density at radius 3 is 2.18 bits per heavy atom. The van der Waals surface area contributed by atoms with Crippen LogP contribution in [0, 0.1) is 0 Å². The summed E-state index contributed by atoms with van der Waals surface area (Å²) in [6, 6.07) is 8.92. The second kappa shape index (κ2) is 15.4. The van der Waals surface area contributed by atoms with Gasteiger partial charge in [-0.15, -0.1) is 5.06 Å². The zero-order valence-corrected chi connectivity index (χ0v) is 34.4. The van der Waals surface area contributed by atoms with Crippen LogP contribution in [0.1, 0.15) is 84.3 Å². The zero-order chi connectivity index (χ0) is 36.8. The predicted octanol–water partition coefficient (Wildman–Crippen LogP) is 4.26. The summed E-state index contributed by atoms with van der Waals surface area (Å²) in [5.74, 6) is -1.73. The van der Waals surface area contributed by atoms with E-state index in [4.69, 9.17) is 4.84 Å². The number of unbranched alkanes of at least 4 members (excludes halogenated alkanes) is 2. The van der Waals surface area contributed by atoms with E-state index in [-0.39, 0.29) is 80.4 Å². The smallest absolute Gasteiger partial charge is 0.333 e. The molecule has 0 saturated carbocycles. The molecule has 269 valence electrons. The number of nitrogens with zero attached hydrogens (tertiary/aromatic N) is 3. The molecule has 0 spiro atoms. The van der Waals surface area contributed by atoms with Crippen molar-refractivity contribution in [3.63, 3.8) is 0 Å². The SMILES string of the molecule is CCN1/C(=C\C=C\C2=[N+](CCCCCC(=O)ON3C(=O)CCC3=O)c3ccc(S(=O)(=O)O)cc3C2(C)C)C(C)(C)c2cc(S(=O)(=O)[O-])ccc21.[K]. The van der Waals surface area contributed by atoms with Gasteiger partial charge in [0, 0.05) is 118 Å². The summed E-state index contributed by atoms with van der Waals surface area (Å²) in [4.78, 5) is 42.3. The third kappa shape index (κ3) is 8.34. The summed E-state index contributed by atoms with van der Waals surface area (Å²) in [7, 11) is -9.09. The first-order chi connectivity index (χ1) is 23.3. The fourth-order valence-electron chi connectivity index (χ4n) is 6.96. The Bertz CT molecular complexity index is 2070. The number of amides is 2. The molecule has 51 heavy (non-hydrogen) atoms. The first-order valence-corrected chi connectivity index (χ1v) is 19.2. The van der Waals surface area contributed by atoms with E-state index in [9.17, 15) is 40.3 Å². The van der Waals surface area contributed by atoms with Crippen LogP contribution in [0.5, 0.6) is 0 Å². The predicted molar refractivity (Wildman–Crippen MR) is 188 cm³/mol. The molecule has 2 aromatic carbocycles. The molecule has 1 fully saturated rings. The van der Waals surface area contributed by atoms with Crippen LogP contribution in [-0.4, -0.2) is 124 Å². The van der Waals surface area contributed by atoms with E-state index in [1.54, 1.807) is 12.1 Å². The number of hydroxylamine groups is 2. The molecule has 3 aliphatic heterocycles. The largest absolute Gasteiger partial charge is 0.744 e. The van der Waals surface area contributed by atoms with Crippen molar-refractivity contribution in [2.24, 2.45) is 0 Å². The quantitative estimate of drug-likeness (QED) is 0.107. The fourth-order valence-corrected chi connectivity index (χ4v) is 7.96. The number of fused-ring (bicyclic) bond motifs is 2. The van der Waals surface area contributed by atoms with E-state index in [2.05, 4.69) is 9.48 Å². The number of likely N-dealkylation sites (N-methyl/N-ethyl adjacent to an activating group) is 1. The average molecular weight is 767 g/mol. The van der Waals surface area contributed by atoms with Crippen LogP contribution in [0.25, 0.3) is 0 Å². The van der Waals surface area contributed by atoms with Gasteiger partial charge in [0.15, 0.2) is 5.71 Å². The summed E-state index contributed by atoms with van der Waals surface area (Å²) >= 11 is 0. The molecule has 16 heteroatoms. The van der Waals surface area contributed by atoms with Gasteiger partial charge in [-0.05, 0) is 75.6 Å². The third-order valence-electron chi connectivity index (χ3n) is 9.60. The van der Waals surface area contributed by atoms with Crippen LogP contribution >= 0.6 is 0 Å². The topological polar surface area (TPSA) is 182 Å². The van der Waals surface area contributed by atoms with E-state index in [0.717, 1.165) is 28.3 Å². The number of imide groups is 1. The Morgan fingerprint density at radius 2 is 1.57 bits per heavy atom. The van der Waals surface area contributed by atoms with Crippen LogP contribution < -0.4 is 4.90 Å². The van der Waals surface area contributed by atoms with E-state index in [1.165, 1.54) is 24.3 Å². The van der Waals surface area contributed by atoms with Crippen molar-refractivity contribution in [2.75, 3.05) is 18.0 Å². The van der Waals surface area contributed by atoms with Gasteiger partial charge in [0.05, 0.1) is 15.2 Å². The van der Waals surface area contributed by atoms with E-state index in [0.29, 0.717) is 43.0 Å². The molecule has 1 N–H and O–H groups in total. The van der Waals surface area contributed by atoms with Gasteiger partial charge in [-0.3, -0.25) is 14.1 Å². The molecule has 3 heterocycles. The minimum absolute atomic E-state index is 0. The van der Waals surface area contributed by atoms with Crippen LogP contribution in [0.15, 0.2) is 70.1 Å². The maximum absolute atomic E-state index is 12.3. The van der Waals surface area contributed by atoms with Gasteiger partial charge < -0.3 is 14.3 Å². The van der Waals surface area contributed by atoms with Gasteiger partial charge in [0.25, 0.3) is 21.9 Å². The van der Waals surface area contributed by atoms with Gasteiger partial charge in [-0.2, -0.15) is 13.0 Å². The standard InChI is InChI=1S/C35H41N3O10S2.K/c1-6-36-27-16-14-23(49(42,43)44)21-25(27)34(2,3)29(36)11-10-12-30-35(4,5)26-22-24(50(45,46)47)15-17-28(26)37(30)20-9-7-8-13-33(41)48-38-31(39)18-19-32(38)40;/h10-12,14-17,21-22H,6-9,13,18-20H2,1-5H3,(H-,42,43,44,45,46,47);. The molecule has 3 aliphatic rings. The number of allylic oxidation sites excluding steroid dienone is 4. The van der Waals surface area contributed by atoms with Gasteiger partial charge in [0.2, 0.25) is 5.69 Å². The van der Waals surface area contributed by atoms with Crippen LogP contribution in [0.2, 0.25) is 0 Å². The van der Waals surface area contributed by atoms with Gasteiger partial charge >= 0.3 is 5.97 Å². The van der Waals surface area contributed by atoms with E-state index < -0.39 is 48.8 Å². The molecule has 0 unspecified atom stereocenters. The molecule has 0 aliphatic carbocycles. The maximum atomic E-state index is 12.3. The number of hydrogen-bond donors (Lipinski definition) is 1. The Hall–Kier alpha value is -2.54. The second-order valence-corrected chi connectivity index (χ2v) is 16.4. The van der Waals surface area contributed by atoms with Crippen molar-refractivity contribution >= 4 is 106 Å². The van der Waals surface area contributed by atoms with Crippen LogP contribution in [0.4, 0.5) is 11.4 Å². The summed E-state index contributed by atoms with van der Waals surface area (Å²) in [6.45, 7) is 10.9. The molecule has 2 aromatic rings. The molecule has 13 nitrogen and oxygen atoms in total. The van der Waals surface area contributed by atoms with Crippen LogP contribution in [-0.2, 0) is 50.3 Å². The van der Waals surface area contributed by atoms with Gasteiger partial charge in [-0.1, -0.05) is 19.9 Å². The number of hydrogen-bond acceptors (Lipinski definition) is 10. The first kappa shape index (κ1) is 41.2. The molecule has 2 amide bonds. The Kier molecular flexibility index (Phi) is 12.5. The maximum Gasteiger partial charge on any atom is 0.333 e. The van der Waals surface area contributed by atoms with Gasteiger partial charge in [-0.25, -0.2) is 13.2 Å². The van der Waals surface area contributed by atoms with Crippen LogP contribution in [0.3, 0.4) is 0 Å². The summed E-state index contributed by atoms with van der Waals surface area (Å²) < 4.78 is 71.3. The minimum atomic E-state index is -4.64. The number of carbonyl (C=O) groups is 3. The molecule has 0 bridgehead atoms. The molecular formula is C35H41KN3O10S2. The molecule has 0 aromatic heterocycles. The van der Waals surface area contributed by atoms with E-state index >= 15 is 0 Å². The van der Waals surface area contributed by atoms with Crippen molar-refractivity contribution < 1.29 is 49.7 Å². The second-order valence-electron chi connectivity index (χ2n) is 13.6. The zero-order valence-electron chi connectivity index (χ0n) is 29.6. The summed E-state index contributed by atoms with van der Waals surface area (Å²) in [5, 5.41) is 0.536. The number of anilines is 1. The number of carbonyl (C=O) groups excluding carboxylic acids is 3. The van der Waals surface area contributed by atoms with Crippen molar-refractivity contribution in [3.05, 3.63) is 71.5 Å². The average Bonchev–Trinajstić information content (AvgIpc) is 3.54. The molecule has 5 rings (SSSR count). The third-order valence-corrected chi connectivity index (χ3v) is 11.3. The normalized spacial score (nSPS) is 18.8. The Labute approximate surface area is 341 Å². The van der Waals surface area contributed by atoms with Crippen molar-refractivity contribution in [3.8, 4) is 0 Å². The van der Waals surface area contributed by atoms with Crippen molar-refractivity contribution in [2.45, 2.75) is 93.8 Å². The Balaban J connectivity index is 0.00000583. The van der Waals surface area contributed by atoms with Crippen molar-refractivity contribution in [1.82, 2.24) is 5.06 Å². The molecule has 1 saturated heterocycles. The fraction of sp³-hybridized carbons (Fsp3) is 0.429. The number of benzene rings is 2. The summed E-state index contributed by atoms with van der Waals surface area (Å²) in [6.07, 6.45) is 7.57. The molecular weight excluding hydrogens is 726 g/mol. The monoisotopic (exact) mass is 766 g/mol. The number of rotatable bonds is 12. The first-order valence-electron chi connectivity index (χ1n) is 16.4. The molecule has 1 radical (unpaired) electrons. The van der Waals surface area contributed by atoms with Gasteiger partial charge in [0.1, 0.15) is 16.7 Å². The van der Waals surface area contributed by atoms with Crippen molar-refractivity contribution in [1.29, 1.82) is 0 Å². The Morgan fingerprint density at radius 1 is 0.941 bits per heavy atom. The minimum Gasteiger partial charge on any atom is -0.744 e. The summed E-state index contributed by atoms with van der Waals surface area (Å²) in [5.41, 5.74) is 3.46. The van der Waals surface area contributed by atoms with E-state index in [1.807, 2.05) is 52.8 Å². The molecule has 0 atom stereocenters.